The minimum atomic E-state index is 0.368. The van der Waals surface area contributed by atoms with E-state index in [1.807, 2.05) is 47.0 Å². The number of hydrogen-bond acceptors (Lipinski definition) is 8. The maximum absolute atomic E-state index is 5.72. The summed E-state index contributed by atoms with van der Waals surface area (Å²) in [5.74, 6) is 3.81. The number of nitrogens with two attached hydrogens (primary N) is 4. The number of hydrogen-bond donors (Lipinski definition) is 4. The van der Waals surface area contributed by atoms with Gasteiger partial charge in [-0.15, -0.1) is 47.0 Å². The molecule has 0 saturated heterocycles. The Morgan fingerprint density at radius 3 is 1.12 bits per heavy atom. The highest BCUT2D eigenvalue weighted by atomic mass is 32.2. The molecule has 0 radical (unpaired) electrons. The van der Waals surface area contributed by atoms with Gasteiger partial charge in [0.05, 0.1) is 9.16 Å². The zero-order chi connectivity index (χ0) is 17.6. The standard InChI is InChI=1S/C16H30N4S4/c17-5-9-21-15(22-10-6-18)13-3-1-2-4-14(13)16(23-11-7-19)24-12-8-20/h1-4,15-16H,5-12,17-20H2. The fraction of sp³-hybridized carbons (Fsp3) is 0.625. The molecule has 0 unspecified atom stereocenters. The van der Waals surface area contributed by atoms with Crippen molar-refractivity contribution in [1.82, 2.24) is 0 Å². The molecule has 138 valence electrons. The van der Waals surface area contributed by atoms with Crippen LogP contribution in [0, 0.1) is 0 Å². The third-order valence-electron chi connectivity index (χ3n) is 3.05. The summed E-state index contributed by atoms with van der Waals surface area (Å²) in [6, 6.07) is 8.73. The molecule has 0 aromatic heterocycles. The van der Waals surface area contributed by atoms with Crippen LogP contribution in [0.25, 0.3) is 0 Å². The molecule has 0 amide bonds. The smallest absolute Gasteiger partial charge is 0.0755 e. The monoisotopic (exact) mass is 406 g/mol. The summed E-state index contributed by atoms with van der Waals surface area (Å²) in [6.07, 6.45) is 0. The topological polar surface area (TPSA) is 104 Å². The molecular weight excluding hydrogens is 376 g/mol. The van der Waals surface area contributed by atoms with E-state index in [0.717, 1.165) is 23.0 Å². The Hall–Kier alpha value is 0.460. The van der Waals surface area contributed by atoms with E-state index in [9.17, 15) is 0 Å². The number of rotatable bonds is 14. The third-order valence-corrected chi connectivity index (χ3v) is 8.80. The van der Waals surface area contributed by atoms with E-state index in [1.165, 1.54) is 11.1 Å². The molecule has 1 rings (SSSR count). The Labute approximate surface area is 163 Å². The van der Waals surface area contributed by atoms with Gasteiger partial charge in [-0.2, -0.15) is 0 Å². The van der Waals surface area contributed by atoms with Gasteiger partial charge in [-0.25, -0.2) is 0 Å². The summed E-state index contributed by atoms with van der Waals surface area (Å²) >= 11 is 7.63. The zero-order valence-corrected chi connectivity index (χ0v) is 17.3. The van der Waals surface area contributed by atoms with Gasteiger partial charge in [0.1, 0.15) is 0 Å². The average Bonchev–Trinajstić information content (AvgIpc) is 2.62. The Morgan fingerprint density at radius 1 is 0.583 bits per heavy atom. The van der Waals surface area contributed by atoms with Crippen LogP contribution in [0.3, 0.4) is 0 Å². The predicted octanol–water partition coefficient (Wildman–Crippen LogP) is 2.45. The van der Waals surface area contributed by atoms with Gasteiger partial charge in [-0.05, 0) is 11.1 Å². The van der Waals surface area contributed by atoms with E-state index in [2.05, 4.69) is 24.3 Å². The maximum atomic E-state index is 5.72. The lowest BCUT2D eigenvalue weighted by molar-refractivity contribution is 1.12. The highest BCUT2D eigenvalue weighted by Crippen LogP contribution is 2.47. The molecule has 0 heterocycles. The van der Waals surface area contributed by atoms with Crippen LogP contribution >= 0.6 is 47.0 Å². The van der Waals surface area contributed by atoms with Crippen LogP contribution in [-0.2, 0) is 0 Å². The first-order valence-corrected chi connectivity index (χ1v) is 12.3. The first-order chi connectivity index (χ1) is 11.8. The van der Waals surface area contributed by atoms with Crippen LogP contribution in [0.2, 0.25) is 0 Å². The quantitative estimate of drug-likeness (QED) is 0.349. The van der Waals surface area contributed by atoms with E-state index in [-0.39, 0.29) is 0 Å². The van der Waals surface area contributed by atoms with E-state index < -0.39 is 0 Å². The number of thioether (sulfide) groups is 4. The van der Waals surface area contributed by atoms with Crippen molar-refractivity contribution in [2.45, 2.75) is 9.16 Å². The lowest BCUT2D eigenvalue weighted by atomic mass is 10.1. The van der Waals surface area contributed by atoms with Crippen molar-refractivity contribution in [2.75, 3.05) is 49.2 Å². The van der Waals surface area contributed by atoms with Gasteiger partial charge in [0.2, 0.25) is 0 Å². The Balaban J connectivity index is 3.01. The Bertz CT molecular complexity index is 381. The molecule has 0 fully saturated rings. The van der Waals surface area contributed by atoms with Crippen molar-refractivity contribution in [3.8, 4) is 0 Å². The molecular formula is C16H30N4S4. The summed E-state index contributed by atoms with van der Waals surface area (Å²) in [6.45, 7) is 2.78. The molecule has 0 saturated carbocycles. The first kappa shape index (κ1) is 22.5. The van der Waals surface area contributed by atoms with Gasteiger partial charge < -0.3 is 22.9 Å². The SMILES string of the molecule is NCCSC(SCCN)c1ccccc1C(SCCN)SCCN. The van der Waals surface area contributed by atoms with Gasteiger partial charge in [-0.1, -0.05) is 24.3 Å². The van der Waals surface area contributed by atoms with Crippen LogP contribution in [-0.4, -0.2) is 49.2 Å². The summed E-state index contributed by atoms with van der Waals surface area (Å²) in [5.41, 5.74) is 25.7. The van der Waals surface area contributed by atoms with Gasteiger partial charge in [0.25, 0.3) is 0 Å². The van der Waals surface area contributed by atoms with E-state index in [1.54, 1.807) is 0 Å². The van der Waals surface area contributed by atoms with Gasteiger partial charge >= 0.3 is 0 Å². The molecule has 1 aromatic rings. The van der Waals surface area contributed by atoms with Crippen LogP contribution in [0.4, 0.5) is 0 Å². The normalized spacial score (nSPS) is 11.6. The fourth-order valence-electron chi connectivity index (χ4n) is 2.10. The molecule has 0 aliphatic carbocycles. The molecule has 1 aromatic carbocycles. The summed E-state index contributed by atoms with van der Waals surface area (Å²) in [7, 11) is 0. The van der Waals surface area contributed by atoms with Gasteiger partial charge in [0, 0.05) is 49.2 Å². The van der Waals surface area contributed by atoms with Crippen LogP contribution in [0.1, 0.15) is 20.3 Å². The first-order valence-electron chi connectivity index (χ1n) is 8.14. The van der Waals surface area contributed by atoms with E-state index in [0.29, 0.717) is 35.3 Å². The molecule has 0 aliphatic heterocycles. The molecule has 0 bridgehead atoms. The lowest BCUT2D eigenvalue weighted by Gasteiger charge is -2.24. The molecule has 0 atom stereocenters. The zero-order valence-electron chi connectivity index (χ0n) is 14.1. The van der Waals surface area contributed by atoms with Crippen LogP contribution < -0.4 is 22.9 Å². The van der Waals surface area contributed by atoms with Crippen molar-refractivity contribution in [3.05, 3.63) is 35.4 Å². The molecule has 8 heteroatoms. The maximum Gasteiger partial charge on any atom is 0.0755 e. The highest BCUT2D eigenvalue weighted by Gasteiger charge is 2.21. The van der Waals surface area contributed by atoms with Crippen LogP contribution in [0.5, 0.6) is 0 Å². The minimum Gasteiger partial charge on any atom is -0.330 e. The Kier molecular flexibility index (Phi) is 13.7. The van der Waals surface area contributed by atoms with Gasteiger partial charge in [-0.3, -0.25) is 0 Å². The van der Waals surface area contributed by atoms with Crippen molar-refractivity contribution >= 4 is 47.0 Å². The van der Waals surface area contributed by atoms with Crippen molar-refractivity contribution in [1.29, 1.82) is 0 Å². The molecule has 24 heavy (non-hydrogen) atoms. The molecule has 4 nitrogen and oxygen atoms in total. The fourth-order valence-corrected chi connectivity index (χ4v) is 7.00. The molecule has 0 spiro atoms. The van der Waals surface area contributed by atoms with E-state index >= 15 is 0 Å². The van der Waals surface area contributed by atoms with Crippen LogP contribution in [0.15, 0.2) is 24.3 Å². The van der Waals surface area contributed by atoms with Crippen molar-refractivity contribution in [3.63, 3.8) is 0 Å². The Morgan fingerprint density at radius 2 is 0.875 bits per heavy atom. The number of benzene rings is 1. The molecule has 8 N–H and O–H groups in total. The predicted molar refractivity (Wildman–Crippen MR) is 118 cm³/mol. The van der Waals surface area contributed by atoms with Crippen molar-refractivity contribution < 1.29 is 0 Å². The largest absolute Gasteiger partial charge is 0.330 e. The van der Waals surface area contributed by atoms with Crippen molar-refractivity contribution in [2.24, 2.45) is 22.9 Å². The average molecular weight is 407 g/mol. The second-order valence-corrected chi connectivity index (χ2v) is 10.4. The highest BCUT2D eigenvalue weighted by molar-refractivity contribution is 8.17. The lowest BCUT2D eigenvalue weighted by Crippen LogP contribution is -2.10. The second kappa shape index (κ2) is 14.6. The van der Waals surface area contributed by atoms with Gasteiger partial charge in [0.15, 0.2) is 0 Å². The summed E-state index contributed by atoms with van der Waals surface area (Å²) < 4.78 is 0.737. The third kappa shape index (κ3) is 8.23. The van der Waals surface area contributed by atoms with E-state index in [4.69, 9.17) is 22.9 Å². The minimum absolute atomic E-state index is 0.368. The summed E-state index contributed by atoms with van der Waals surface area (Å²) in [5, 5.41) is 0. The second-order valence-electron chi connectivity index (χ2n) is 4.93. The summed E-state index contributed by atoms with van der Waals surface area (Å²) in [4.78, 5) is 0. The molecule has 0 aliphatic rings.